The molecule has 1 fully saturated rings. The van der Waals surface area contributed by atoms with E-state index in [-0.39, 0.29) is 5.91 Å². The van der Waals surface area contributed by atoms with E-state index in [0.29, 0.717) is 30.3 Å². The largest absolute Gasteiger partial charge is 0.444 e. The number of nitrogens with one attached hydrogen (secondary N) is 1. The standard InChI is InChI=1S/C16H21BrN2O3/c1-16(2,3)22-15(21)18-12-6-4-5-7-13(12)19-10-11(9-17)8-14(19)20/h4-7,11H,8-10H2,1-3H3,(H,18,21). The molecule has 1 saturated heterocycles. The van der Waals surface area contributed by atoms with Crippen molar-refractivity contribution in [1.82, 2.24) is 0 Å². The maximum Gasteiger partial charge on any atom is 0.412 e. The number of anilines is 2. The fourth-order valence-corrected chi connectivity index (χ4v) is 2.78. The molecule has 120 valence electrons. The highest BCUT2D eigenvalue weighted by molar-refractivity contribution is 9.09. The first-order valence-electron chi connectivity index (χ1n) is 7.25. The summed E-state index contributed by atoms with van der Waals surface area (Å²) in [6.45, 7) is 6.08. The summed E-state index contributed by atoms with van der Waals surface area (Å²) in [7, 11) is 0. The Kier molecular flexibility index (Phi) is 5.11. The van der Waals surface area contributed by atoms with Gasteiger partial charge in [0.25, 0.3) is 0 Å². The molecular formula is C16H21BrN2O3. The van der Waals surface area contributed by atoms with Gasteiger partial charge < -0.3 is 9.64 Å². The lowest BCUT2D eigenvalue weighted by molar-refractivity contribution is -0.117. The first-order valence-corrected chi connectivity index (χ1v) is 8.37. The Bertz CT molecular complexity index is 569. The van der Waals surface area contributed by atoms with Gasteiger partial charge >= 0.3 is 6.09 Å². The van der Waals surface area contributed by atoms with Gasteiger partial charge in [-0.1, -0.05) is 28.1 Å². The molecular weight excluding hydrogens is 348 g/mol. The van der Waals surface area contributed by atoms with Crippen molar-refractivity contribution in [2.45, 2.75) is 32.8 Å². The van der Waals surface area contributed by atoms with Crippen LogP contribution in [0.15, 0.2) is 24.3 Å². The maximum absolute atomic E-state index is 12.2. The second-order valence-electron chi connectivity index (χ2n) is 6.37. The van der Waals surface area contributed by atoms with Crippen LogP contribution in [-0.2, 0) is 9.53 Å². The highest BCUT2D eigenvalue weighted by atomic mass is 79.9. The lowest BCUT2D eigenvalue weighted by Crippen LogP contribution is -2.29. The van der Waals surface area contributed by atoms with Crippen LogP contribution in [0, 0.1) is 5.92 Å². The van der Waals surface area contributed by atoms with E-state index < -0.39 is 11.7 Å². The molecule has 5 nitrogen and oxygen atoms in total. The zero-order chi connectivity index (χ0) is 16.3. The summed E-state index contributed by atoms with van der Waals surface area (Å²) in [6, 6.07) is 7.28. The molecule has 0 bridgehead atoms. The van der Waals surface area contributed by atoms with Gasteiger partial charge in [0.05, 0.1) is 11.4 Å². The van der Waals surface area contributed by atoms with Gasteiger partial charge in [0.1, 0.15) is 5.60 Å². The van der Waals surface area contributed by atoms with E-state index in [0.717, 1.165) is 5.33 Å². The Morgan fingerprint density at radius 3 is 2.68 bits per heavy atom. The molecule has 0 aliphatic carbocycles. The Morgan fingerprint density at radius 2 is 2.09 bits per heavy atom. The summed E-state index contributed by atoms with van der Waals surface area (Å²) in [4.78, 5) is 25.8. The lowest BCUT2D eigenvalue weighted by Gasteiger charge is -2.23. The molecule has 0 spiro atoms. The molecule has 2 rings (SSSR count). The molecule has 1 aliphatic heterocycles. The second kappa shape index (κ2) is 6.69. The number of amides is 2. The van der Waals surface area contributed by atoms with E-state index in [2.05, 4.69) is 21.2 Å². The average Bonchev–Trinajstić information content (AvgIpc) is 2.78. The highest BCUT2D eigenvalue weighted by Crippen LogP contribution is 2.32. The number of rotatable bonds is 3. The van der Waals surface area contributed by atoms with Gasteiger partial charge in [-0.15, -0.1) is 0 Å². The minimum atomic E-state index is -0.566. The molecule has 1 atom stereocenters. The van der Waals surface area contributed by atoms with Crippen molar-refractivity contribution in [3.8, 4) is 0 Å². The molecule has 0 aromatic heterocycles. The molecule has 22 heavy (non-hydrogen) atoms. The molecule has 0 radical (unpaired) electrons. The normalized spacial score (nSPS) is 18.5. The minimum absolute atomic E-state index is 0.0721. The van der Waals surface area contributed by atoms with E-state index in [9.17, 15) is 9.59 Å². The van der Waals surface area contributed by atoms with Gasteiger partial charge in [0.2, 0.25) is 5.91 Å². The smallest absolute Gasteiger partial charge is 0.412 e. The van der Waals surface area contributed by atoms with Crippen molar-refractivity contribution in [1.29, 1.82) is 0 Å². The van der Waals surface area contributed by atoms with Crippen LogP contribution in [0.4, 0.5) is 16.2 Å². The number of halogens is 1. The Labute approximate surface area is 139 Å². The van der Waals surface area contributed by atoms with Crippen molar-refractivity contribution >= 4 is 39.3 Å². The van der Waals surface area contributed by atoms with Gasteiger partial charge in [-0.2, -0.15) is 0 Å². The molecule has 1 unspecified atom stereocenters. The van der Waals surface area contributed by atoms with Gasteiger partial charge in [-0.3, -0.25) is 10.1 Å². The Hall–Kier alpha value is -1.56. The number of hydrogen-bond donors (Lipinski definition) is 1. The summed E-state index contributed by atoms with van der Waals surface area (Å²) in [5.74, 6) is 0.366. The third kappa shape index (κ3) is 4.22. The Balaban J connectivity index is 2.17. The molecule has 1 aromatic rings. The number of carbonyl (C=O) groups excluding carboxylic acids is 2. The summed E-state index contributed by atoms with van der Waals surface area (Å²) in [5.41, 5.74) is 0.728. The third-order valence-corrected chi connectivity index (χ3v) is 4.17. The molecule has 1 aliphatic rings. The predicted molar refractivity (Wildman–Crippen MR) is 90.6 cm³/mol. The number of nitrogens with zero attached hydrogens (tertiary/aromatic N) is 1. The van der Waals surface area contributed by atoms with Gasteiger partial charge in [0.15, 0.2) is 0 Å². The number of para-hydroxylation sites is 2. The van der Waals surface area contributed by atoms with E-state index >= 15 is 0 Å². The third-order valence-electron chi connectivity index (χ3n) is 3.25. The zero-order valence-corrected chi connectivity index (χ0v) is 14.6. The number of alkyl halides is 1. The molecule has 1 aromatic carbocycles. The van der Waals surface area contributed by atoms with Crippen molar-refractivity contribution < 1.29 is 14.3 Å². The number of carbonyl (C=O) groups is 2. The maximum atomic E-state index is 12.2. The SMILES string of the molecule is CC(C)(C)OC(=O)Nc1ccccc1N1CC(CBr)CC1=O. The van der Waals surface area contributed by atoms with Crippen molar-refractivity contribution in [3.63, 3.8) is 0 Å². The number of ether oxygens (including phenoxy) is 1. The van der Waals surface area contributed by atoms with E-state index in [1.807, 2.05) is 39.0 Å². The molecule has 1 N–H and O–H groups in total. The highest BCUT2D eigenvalue weighted by Gasteiger charge is 2.31. The van der Waals surface area contributed by atoms with Crippen LogP contribution in [-0.4, -0.2) is 29.5 Å². The first kappa shape index (κ1) is 16.8. The summed E-state index contributed by atoms with van der Waals surface area (Å²) >= 11 is 3.43. The first-order chi connectivity index (χ1) is 10.3. The van der Waals surface area contributed by atoms with Crippen molar-refractivity contribution in [3.05, 3.63) is 24.3 Å². The van der Waals surface area contributed by atoms with Crippen molar-refractivity contribution in [2.75, 3.05) is 22.1 Å². The van der Waals surface area contributed by atoms with Crippen LogP contribution in [0.5, 0.6) is 0 Å². The zero-order valence-electron chi connectivity index (χ0n) is 13.1. The topological polar surface area (TPSA) is 58.6 Å². The predicted octanol–water partition coefficient (Wildman–Crippen LogP) is 3.78. The lowest BCUT2D eigenvalue weighted by atomic mass is 10.2. The number of hydrogen-bond acceptors (Lipinski definition) is 3. The summed E-state index contributed by atoms with van der Waals surface area (Å²) in [6.07, 6.45) is -0.00455. The quantitative estimate of drug-likeness (QED) is 0.825. The molecule has 2 amide bonds. The van der Waals surface area contributed by atoms with Crippen LogP contribution in [0.1, 0.15) is 27.2 Å². The fraction of sp³-hybridized carbons (Fsp3) is 0.500. The Morgan fingerprint density at radius 1 is 1.41 bits per heavy atom. The summed E-state index contributed by atoms with van der Waals surface area (Å²) in [5, 5.41) is 3.52. The van der Waals surface area contributed by atoms with Crippen LogP contribution >= 0.6 is 15.9 Å². The van der Waals surface area contributed by atoms with E-state index in [1.54, 1.807) is 11.0 Å². The van der Waals surface area contributed by atoms with Crippen LogP contribution in [0.2, 0.25) is 0 Å². The van der Waals surface area contributed by atoms with E-state index in [4.69, 9.17) is 4.74 Å². The minimum Gasteiger partial charge on any atom is -0.444 e. The van der Waals surface area contributed by atoms with E-state index in [1.165, 1.54) is 0 Å². The second-order valence-corrected chi connectivity index (χ2v) is 7.02. The van der Waals surface area contributed by atoms with Gasteiger partial charge in [-0.05, 0) is 38.8 Å². The van der Waals surface area contributed by atoms with Crippen LogP contribution in [0.3, 0.4) is 0 Å². The number of benzene rings is 1. The summed E-state index contributed by atoms with van der Waals surface area (Å²) < 4.78 is 5.27. The van der Waals surface area contributed by atoms with Crippen LogP contribution < -0.4 is 10.2 Å². The molecule has 6 heteroatoms. The van der Waals surface area contributed by atoms with Crippen LogP contribution in [0.25, 0.3) is 0 Å². The monoisotopic (exact) mass is 368 g/mol. The van der Waals surface area contributed by atoms with Crippen molar-refractivity contribution in [2.24, 2.45) is 5.92 Å². The average molecular weight is 369 g/mol. The fourth-order valence-electron chi connectivity index (χ4n) is 2.35. The molecule has 1 heterocycles. The molecule has 0 saturated carbocycles. The van der Waals surface area contributed by atoms with Gasteiger partial charge in [-0.25, -0.2) is 4.79 Å². The van der Waals surface area contributed by atoms with Gasteiger partial charge in [0, 0.05) is 18.3 Å².